The van der Waals surface area contributed by atoms with E-state index in [1.807, 2.05) is 32.0 Å². The lowest BCUT2D eigenvalue weighted by atomic mass is 9.85. The largest absolute Gasteiger partial charge is 0.405 e. The van der Waals surface area contributed by atoms with Crippen molar-refractivity contribution in [3.05, 3.63) is 29.3 Å². The Kier molecular flexibility index (Phi) is 3.42. The molecular formula is C16H18F3N3O. The van der Waals surface area contributed by atoms with Gasteiger partial charge in [0.1, 0.15) is 6.54 Å². The maximum Gasteiger partial charge on any atom is 0.405 e. The minimum atomic E-state index is -4.24. The fourth-order valence-corrected chi connectivity index (χ4v) is 3.22. The van der Waals surface area contributed by atoms with Gasteiger partial charge >= 0.3 is 6.18 Å². The molecule has 1 aromatic carbocycles. The first-order chi connectivity index (χ1) is 10.6. The standard InChI is InChI=1S/C16H18F3N3O/c1-15(2)11-5-4-10(6-13(11)21(3)14(15)23)12-7-22(9-20-12)8-16(17,18)19/h4-6,9,12H,7-8H2,1-3H3. The number of anilines is 1. The van der Waals surface area contributed by atoms with Crippen LogP contribution in [0, 0.1) is 0 Å². The number of amides is 1. The Morgan fingerprint density at radius 2 is 2.04 bits per heavy atom. The molecule has 1 aromatic rings. The molecule has 0 radical (unpaired) electrons. The maximum absolute atomic E-state index is 12.4. The van der Waals surface area contributed by atoms with Gasteiger partial charge in [-0.15, -0.1) is 0 Å². The number of hydrogen-bond acceptors (Lipinski definition) is 3. The summed E-state index contributed by atoms with van der Waals surface area (Å²) in [6, 6.07) is 5.26. The van der Waals surface area contributed by atoms with E-state index in [4.69, 9.17) is 0 Å². The van der Waals surface area contributed by atoms with Gasteiger partial charge < -0.3 is 9.80 Å². The molecule has 2 aliphatic rings. The van der Waals surface area contributed by atoms with Crippen molar-refractivity contribution in [1.29, 1.82) is 0 Å². The van der Waals surface area contributed by atoms with Gasteiger partial charge in [0.25, 0.3) is 0 Å². The number of rotatable bonds is 2. The molecule has 0 fully saturated rings. The molecule has 0 N–H and O–H groups in total. The third-order valence-corrected chi connectivity index (χ3v) is 4.48. The summed E-state index contributed by atoms with van der Waals surface area (Å²) in [5.74, 6) is 0.0123. The fourth-order valence-electron chi connectivity index (χ4n) is 3.22. The molecule has 0 aliphatic carbocycles. The van der Waals surface area contributed by atoms with Gasteiger partial charge in [-0.05, 0) is 31.0 Å². The fraction of sp³-hybridized carbons (Fsp3) is 0.500. The summed E-state index contributed by atoms with van der Waals surface area (Å²) >= 11 is 0. The van der Waals surface area contributed by atoms with Gasteiger partial charge in [0.05, 0.1) is 17.8 Å². The van der Waals surface area contributed by atoms with E-state index in [2.05, 4.69) is 4.99 Å². The monoisotopic (exact) mass is 325 g/mol. The Morgan fingerprint density at radius 1 is 1.35 bits per heavy atom. The molecule has 7 heteroatoms. The maximum atomic E-state index is 12.4. The van der Waals surface area contributed by atoms with Gasteiger partial charge in [-0.25, -0.2) is 0 Å². The quantitative estimate of drug-likeness (QED) is 0.838. The van der Waals surface area contributed by atoms with E-state index >= 15 is 0 Å². The lowest BCUT2D eigenvalue weighted by Gasteiger charge is -2.19. The zero-order chi connectivity index (χ0) is 17.0. The van der Waals surface area contributed by atoms with Crippen LogP contribution in [-0.2, 0) is 10.2 Å². The molecule has 0 bridgehead atoms. The smallest absolute Gasteiger partial charge is 0.351 e. The molecule has 0 aromatic heterocycles. The second-order valence-corrected chi connectivity index (χ2v) is 6.59. The van der Waals surface area contributed by atoms with E-state index in [9.17, 15) is 18.0 Å². The highest BCUT2D eigenvalue weighted by molar-refractivity contribution is 6.07. The van der Waals surface area contributed by atoms with Crippen molar-refractivity contribution in [3.8, 4) is 0 Å². The van der Waals surface area contributed by atoms with E-state index in [-0.39, 0.29) is 18.5 Å². The lowest BCUT2D eigenvalue weighted by molar-refractivity contribution is -0.136. The average molecular weight is 325 g/mol. The Morgan fingerprint density at radius 3 is 2.70 bits per heavy atom. The molecule has 1 unspecified atom stereocenters. The number of carbonyl (C=O) groups excluding carboxylic acids is 1. The van der Waals surface area contributed by atoms with Crippen LogP contribution in [0.1, 0.15) is 31.0 Å². The van der Waals surface area contributed by atoms with Crippen LogP contribution < -0.4 is 4.90 Å². The normalized spacial score (nSPS) is 22.9. The summed E-state index contributed by atoms with van der Waals surface area (Å²) < 4.78 is 37.3. The zero-order valence-electron chi connectivity index (χ0n) is 13.2. The molecule has 2 aliphatic heterocycles. The van der Waals surface area contributed by atoms with Crippen LogP contribution in [0.4, 0.5) is 18.9 Å². The molecule has 23 heavy (non-hydrogen) atoms. The SMILES string of the molecule is CN1C(=O)C(C)(C)c2ccc(C3CN(CC(F)(F)F)C=N3)cc21. The third kappa shape index (κ3) is 2.68. The first-order valence-corrected chi connectivity index (χ1v) is 7.36. The number of likely N-dealkylation sites (N-methyl/N-ethyl adjacent to an activating group) is 1. The first-order valence-electron chi connectivity index (χ1n) is 7.36. The number of carbonyl (C=O) groups is 1. The van der Waals surface area contributed by atoms with Gasteiger partial charge in [-0.2, -0.15) is 13.2 Å². The highest BCUT2D eigenvalue weighted by Gasteiger charge is 2.42. The second kappa shape index (κ2) is 4.97. The number of fused-ring (bicyclic) bond motifs is 1. The van der Waals surface area contributed by atoms with Gasteiger partial charge in [-0.3, -0.25) is 9.79 Å². The van der Waals surface area contributed by atoms with Crippen LogP contribution in [0.25, 0.3) is 0 Å². The molecule has 0 saturated heterocycles. The predicted octanol–water partition coefficient (Wildman–Crippen LogP) is 2.89. The first kappa shape index (κ1) is 15.8. The summed E-state index contributed by atoms with van der Waals surface area (Å²) in [7, 11) is 1.72. The van der Waals surface area contributed by atoms with Crippen LogP contribution in [0.5, 0.6) is 0 Å². The van der Waals surface area contributed by atoms with Crippen molar-refractivity contribution in [3.63, 3.8) is 0 Å². The predicted molar refractivity (Wildman–Crippen MR) is 81.7 cm³/mol. The highest BCUT2D eigenvalue weighted by atomic mass is 19.4. The summed E-state index contributed by atoms with van der Waals surface area (Å²) in [4.78, 5) is 19.2. The molecule has 4 nitrogen and oxygen atoms in total. The van der Waals surface area contributed by atoms with Crippen molar-refractivity contribution in [2.24, 2.45) is 4.99 Å². The summed E-state index contributed by atoms with van der Waals surface area (Å²) in [5, 5.41) is 0. The molecule has 2 heterocycles. The average Bonchev–Trinajstić information content (AvgIpc) is 2.96. The van der Waals surface area contributed by atoms with Gasteiger partial charge in [0.2, 0.25) is 5.91 Å². The Balaban J connectivity index is 1.83. The Hall–Kier alpha value is -2.05. The number of halogens is 3. The number of benzene rings is 1. The van der Waals surface area contributed by atoms with Crippen LogP contribution in [0.15, 0.2) is 23.2 Å². The van der Waals surface area contributed by atoms with Gasteiger partial charge in [0, 0.05) is 19.3 Å². The molecule has 124 valence electrons. The molecule has 3 rings (SSSR count). The zero-order valence-corrected chi connectivity index (χ0v) is 13.2. The van der Waals surface area contributed by atoms with Crippen molar-refractivity contribution < 1.29 is 18.0 Å². The minimum absolute atomic E-state index is 0.0123. The van der Waals surface area contributed by atoms with E-state index in [0.717, 1.165) is 21.7 Å². The van der Waals surface area contributed by atoms with Crippen LogP contribution in [0.2, 0.25) is 0 Å². The molecule has 1 atom stereocenters. The van der Waals surface area contributed by atoms with Gasteiger partial charge in [0.15, 0.2) is 0 Å². The van der Waals surface area contributed by atoms with Crippen molar-refractivity contribution in [2.45, 2.75) is 31.5 Å². The molecule has 1 amide bonds. The Labute approximate surface area is 132 Å². The number of aliphatic imine (C=N–C) groups is 1. The van der Waals surface area contributed by atoms with Crippen LogP contribution in [0.3, 0.4) is 0 Å². The van der Waals surface area contributed by atoms with Crippen molar-refractivity contribution in [2.75, 3.05) is 25.0 Å². The van der Waals surface area contributed by atoms with E-state index in [1.165, 1.54) is 6.34 Å². The second-order valence-electron chi connectivity index (χ2n) is 6.59. The topological polar surface area (TPSA) is 35.9 Å². The lowest BCUT2D eigenvalue weighted by Crippen LogP contribution is -2.33. The van der Waals surface area contributed by atoms with E-state index in [1.54, 1.807) is 11.9 Å². The van der Waals surface area contributed by atoms with E-state index < -0.39 is 18.1 Å². The molecule has 0 saturated carbocycles. The number of nitrogens with zero attached hydrogens (tertiary/aromatic N) is 3. The number of hydrogen-bond donors (Lipinski definition) is 0. The third-order valence-electron chi connectivity index (χ3n) is 4.48. The summed E-state index contributed by atoms with van der Waals surface area (Å²) in [6.45, 7) is 2.94. The number of alkyl halides is 3. The van der Waals surface area contributed by atoms with Crippen LogP contribution >= 0.6 is 0 Å². The summed E-state index contributed by atoms with van der Waals surface area (Å²) in [6.07, 6.45) is -2.99. The summed E-state index contributed by atoms with van der Waals surface area (Å²) in [5.41, 5.74) is 1.98. The van der Waals surface area contributed by atoms with Crippen molar-refractivity contribution >= 4 is 17.9 Å². The minimum Gasteiger partial charge on any atom is -0.351 e. The highest BCUT2D eigenvalue weighted by Crippen LogP contribution is 2.42. The Bertz CT molecular complexity index is 682. The molecule has 0 spiro atoms. The van der Waals surface area contributed by atoms with Gasteiger partial charge in [-0.1, -0.05) is 12.1 Å². The van der Waals surface area contributed by atoms with Crippen LogP contribution in [-0.4, -0.2) is 43.5 Å². The molecular weight excluding hydrogens is 307 g/mol. The van der Waals surface area contributed by atoms with Crippen molar-refractivity contribution in [1.82, 2.24) is 4.90 Å². The van der Waals surface area contributed by atoms with E-state index in [0.29, 0.717) is 0 Å².